The zero-order valence-electron chi connectivity index (χ0n) is 12.7. The topological polar surface area (TPSA) is 106 Å². The van der Waals surface area contributed by atoms with E-state index in [1.807, 2.05) is 0 Å². The maximum Gasteiger partial charge on any atom is 0.276 e. The number of benzene rings is 2. The minimum atomic E-state index is -3.49. The highest BCUT2D eigenvalue weighted by atomic mass is 32.2. The molecule has 8 heteroatoms. The molecule has 0 aliphatic heterocycles. The van der Waals surface area contributed by atoms with Gasteiger partial charge in [-0.2, -0.15) is 0 Å². The molecule has 2 aromatic rings. The van der Waals surface area contributed by atoms with Crippen LogP contribution in [0.3, 0.4) is 0 Å². The van der Waals surface area contributed by atoms with Gasteiger partial charge in [0.15, 0.2) is 9.84 Å². The molecule has 0 fully saturated rings. The van der Waals surface area contributed by atoms with Crippen LogP contribution in [0.2, 0.25) is 0 Å². The first-order chi connectivity index (χ1) is 11.3. The lowest BCUT2D eigenvalue weighted by Gasteiger charge is -2.07. The Morgan fingerprint density at radius 2 is 1.75 bits per heavy atom. The van der Waals surface area contributed by atoms with Crippen LogP contribution in [0, 0.1) is 10.1 Å². The fourth-order valence-corrected chi connectivity index (χ4v) is 2.87. The molecule has 0 atom stereocenters. The van der Waals surface area contributed by atoms with Gasteiger partial charge in [-0.1, -0.05) is 24.3 Å². The summed E-state index contributed by atoms with van der Waals surface area (Å²) in [4.78, 5) is 22.4. The van der Waals surface area contributed by atoms with Crippen LogP contribution in [-0.2, 0) is 14.6 Å². The summed E-state index contributed by atoms with van der Waals surface area (Å²) in [5, 5.41) is 13.4. The van der Waals surface area contributed by atoms with Crippen molar-refractivity contribution < 1.29 is 18.1 Å². The number of para-hydroxylation sites is 2. The second-order valence-corrected chi connectivity index (χ2v) is 6.89. The van der Waals surface area contributed by atoms with E-state index >= 15 is 0 Å². The normalized spacial score (nSPS) is 11.4. The van der Waals surface area contributed by atoms with Gasteiger partial charge in [0.1, 0.15) is 0 Å². The third kappa shape index (κ3) is 4.26. The summed E-state index contributed by atoms with van der Waals surface area (Å²) in [6.45, 7) is 0. The number of hydrogen-bond donors (Lipinski definition) is 1. The number of anilines is 1. The smallest absolute Gasteiger partial charge is 0.276 e. The van der Waals surface area contributed by atoms with Crippen molar-refractivity contribution in [2.45, 2.75) is 4.90 Å². The van der Waals surface area contributed by atoms with Crippen molar-refractivity contribution in [2.75, 3.05) is 11.6 Å². The molecule has 0 aliphatic rings. The number of rotatable bonds is 5. The van der Waals surface area contributed by atoms with Crippen molar-refractivity contribution in [3.05, 3.63) is 70.3 Å². The van der Waals surface area contributed by atoms with Crippen molar-refractivity contribution in [3.63, 3.8) is 0 Å². The lowest BCUT2D eigenvalue weighted by atomic mass is 10.1. The first kappa shape index (κ1) is 17.4. The molecule has 0 radical (unpaired) electrons. The van der Waals surface area contributed by atoms with E-state index in [0.717, 1.165) is 12.3 Å². The monoisotopic (exact) mass is 346 g/mol. The maximum absolute atomic E-state index is 12.0. The number of nitro groups is 1. The van der Waals surface area contributed by atoms with Crippen molar-refractivity contribution in [1.82, 2.24) is 0 Å². The van der Waals surface area contributed by atoms with E-state index in [9.17, 15) is 23.3 Å². The summed E-state index contributed by atoms with van der Waals surface area (Å²) in [7, 11) is -3.49. The molecule has 0 spiro atoms. The number of nitro benzene ring substituents is 1. The average molecular weight is 346 g/mol. The van der Waals surface area contributed by atoms with Gasteiger partial charge in [0, 0.05) is 18.4 Å². The molecule has 0 aliphatic carbocycles. The Kier molecular flexibility index (Phi) is 5.10. The molecule has 124 valence electrons. The molecule has 2 rings (SSSR count). The summed E-state index contributed by atoms with van der Waals surface area (Å²) in [5.74, 6) is -0.593. The first-order valence-electron chi connectivity index (χ1n) is 6.80. The third-order valence-corrected chi connectivity index (χ3v) is 4.25. The highest BCUT2D eigenvalue weighted by molar-refractivity contribution is 7.90. The van der Waals surface area contributed by atoms with Crippen molar-refractivity contribution in [2.24, 2.45) is 0 Å². The van der Waals surface area contributed by atoms with Crippen molar-refractivity contribution in [1.29, 1.82) is 0 Å². The molecule has 24 heavy (non-hydrogen) atoms. The number of amides is 1. The van der Waals surface area contributed by atoms with E-state index in [4.69, 9.17) is 0 Å². The fourth-order valence-electron chi connectivity index (χ4n) is 2.03. The molecule has 0 bridgehead atoms. The number of carbonyl (C=O) groups excluding carboxylic acids is 1. The van der Waals surface area contributed by atoms with Crippen LogP contribution in [-0.4, -0.2) is 25.5 Å². The predicted octanol–water partition coefficient (Wildman–Crippen LogP) is 2.65. The Labute approximate surface area is 138 Å². The summed E-state index contributed by atoms with van der Waals surface area (Å²) in [6.07, 6.45) is 3.46. The summed E-state index contributed by atoms with van der Waals surface area (Å²) in [6, 6.07) is 12.0. The number of sulfone groups is 1. The first-order valence-corrected chi connectivity index (χ1v) is 8.70. The van der Waals surface area contributed by atoms with Gasteiger partial charge in [0.05, 0.1) is 21.1 Å². The van der Waals surface area contributed by atoms with Gasteiger partial charge >= 0.3 is 0 Å². The quantitative estimate of drug-likeness (QED) is 0.509. The SMILES string of the molecule is CS(=O)(=O)c1ccccc1NC(=O)/C=C/c1ccccc1[N+](=O)[O-]. The van der Waals surface area contributed by atoms with Gasteiger partial charge in [-0.3, -0.25) is 14.9 Å². The molecular weight excluding hydrogens is 332 g/mol. The van der Waals surface area contributed by atoms with Crippen LogP contribution >= 0.6 is 0 Å². The third-order valence-electron chi connectivity index (χ3n) is 3.09. The molecule has 1 amide bonds. The van der Waals surface area contributed by atoms with Gasteiger partial charge in [0.25, 0.3) is 5.69 Å². The zero-order valence-corrected chi connectivity index (χ0v) is 13.5. The summed E-state index contributed by atoms with van der Waals surface area (Å²) < 4.78 is 23.4. The molecular formula is C16H14N2O5S. The number of carbonyl (C=O) groups is 1. The van der Waals surface area contributed by atoms with Crippen LogP contribution in [0.1, 0.15) is 5.56 Å². The lowest BCUT2D eigenvalue weighted by Crippen LogP contribution is -2.11. The Morgan fingerprint density at radius 1 is 1.12 bits per heavy atom. The second kappa shape index (κ2) is 7.05. The van der Waals surface area contributed by atoms with Crippen molar-refractivity contribution >= 4 is 33.2 Å². The molecule has 0 unspecified atom stereocenters. The van der Waals surface area contributed by atoms with Gasteiger partial charge < -0.3 is 5.32 Å². The fraction of sp³-hybridized carbons (Fsp3) is 0.0625. The van der Waals surface area contributed by atoms with Gasteiger partial charge in [-0.05, 0) is 24.3 Å². The Balaban J connectivity index is 2.23. The summed E-state index contributed by atoms with van der Waals surface area (Å²) in [5.41, 5.74) is 0.296. The van der Waals surface area contributed by atoms with Crippen LogP contribution in [0.5, 0.6) is 0 Å². The number of nitrogens with one attached hydrogen (secondary N) is 1. The maximum atomic E-state index is 12.0. The van der Waals surface area contributed by atoms with Gasteiger partial charge in [-0.15, -0.1) is 0 Å². The van der Waals surface area contributed by atoms with E-state index in [-0.39, 0.29) is 21.8 Å². The van der Waals surface area contributed by atoms with E-state index in [2.05, 4.69) is 5.32 Å². The Hall–Kier alpha value is -3.00. The highest BCUT2D eigenvalue weighted by Gasteiger charge is 2.14. The van der Waals surface area contributed by atoms with Crippen LogP contribution < -0.4 is 5.32 Å². The number of nitrogens with zero attached hydrogens (tertiary/aromatic N) is 1. The zero-order chi connectivity index (χ0) is 17.7. The van der Waals surface area contributed by atoms with Gasteiger partial charge in [-0.25, -0.2) is 8.42 Å². The lowest BCUT2D eigenvalue weighted by molar-refractivity contribution is -0.385. The average Bonchev–Trinajstić information content (AvgIpc) is 2.52. The second-order valence-electron chi connectivity index (χ2n) is 4.91. The molecule has 7 nitrogen and oxygen atoms in total. The Bertz CT molecular complexity index is 920. The van der Waals surface area contributed by atoms with Gasteiger partial charge in [0.2, 0.25) is 5.91 Å². The minimum Gasteiger partial charge on any atom is -0.321 e. The van der Waals surface area contributed by atoms with Crippen LogP contribution in [0.4, 0.5) is 11.4 Å². The van der Waals surface area contributed by atoms with Crippen molar-refractivity contribution in [3.8, 4) is 0 Å². The molecule has 1 N–H and O–H groups in total. The molecule has 0 heterocycles. The molecule has 0 saturated heterocycles. The number of hydrogen-bond acceptors (Lipinski definition) is 5. The van der Waals surface area contributed by atoms with E-state index in [1.165, 1.54) is 36.4 Å². The minimum absolute atomic E-state index is 0.00237. The van der Waals surface area contributed by atoms with Crippen LogP contribution in [0.25, 0.3) is 6.08 Å². The molecule has 0 aromatic heterocycles. The van der Waals surface area contributed by atoms with E-state index < -0.39 is 20.7 Å². The van der Waals surface area contributed by atoms with E-state index in [0.29, 0.717) is 0 Å². The molecule has 2 aromatic carbocycles. The predicted molar refractivity (Wildman–Crippen MR) is 90.3 cm³/mol. The summed E-state index contributed by atoms with van der Waals surface area (Å²) >= 11 is 0. The molecule has 0 saturated carbocycles. The van der Waals surface area contributed by atoms with Crippen LogP contribution in [0.15, 0.2) is 59.5 Å². The Morgan fingerprint density at radius 3 is 2.42 bits per heavy atom. The van der Waals surface area contributed by atoms with E-state index in [1.54, 1.807) is 18.2 Å². The largest absolute Gasteiger partial charge is 0.321 e. The highest BCUT2D eigenvalue weighted by Crippen LogP contribution is 2.21. The standard InChI is InChI=1S/C16H14N2O5S/c1-24(22,23)15-9-5-3-7-13(15)17-16(19)11-10-12-6-2-4-8-14(12)18(20)21/h2-11H,1H3,(H,17,19)/b11-10+.